The Bertz CT molecular complexity index is 199. The first-order valence-corrected chi connectivity index (χ1v) is 6.69. The lowest BCUT2D eigenvalue weighted by atomic mass is 10.0. The molecule has 17 heavy (non-hydrogen) atoms. The zero-order valence-electron chi connectivity index (χ0n) is 12.1. The summed E-state index contributed by atoms with van der Waals surface area (Å²) in [5, 5.41) is 3.61. The Morgan fingerprint density at radius 2 is 1.82 bits per heavy atom. The van der Waals surface area contributed by atoms with Gasteiger partial charge in [-0.3, -0.25) is 4.67 Å². The predicted octanol–water partition coefficient (Wildman–Crippen LogP) is 1.86. The van der Waals surface area contributed by atoms with Gasteiger partial charge in [-0.2, -0.15) is 0 Å². The van der Waals surface area contributed by atoms with E-state index in [0.717, 1.165) is 19.5 Å². The number of hydrogen-bond acceptors (Lipinski definition) is 4. The standard InChI is InChI=1S/C12H29N2O2P/c1-7-10(2)13-12(3,4)9-14(17)8-11(15-5)16-6/h10-11,13H,7-9,17H2,1-6H3. The van der Waals surface area contributed by atoms with Gasteiger partial charge in [0.2, 0.25) is 0 Å². The van der Waals surface area contributed by atoms with E-state index in [2.05, 4.69) is 47.1 Å². The average molecular weight is 264 g/mol. The minimum atomic E-state index is -0.174. The van der Waals surface area contributed by atoms with Gasteiger partial charge in [-0.25, -0.2) is 0 Å². The maximum atomic E-state index is 5.19. The summed E-state index contributed by atoms with van der Waals surface area (Å²) in [6, 6.07) is 0.532. The van der Waals surface area contributed by atoms with Crippen LogP contribution in [-0.4, -0.2) is 49.9 Å². The highest BCUT2D eigenvalue weighted by Gasteiger charge is 2.22. The third-order valence-electron chi connectivity index (χ3n) is 2.76. The molecule has 5 heteroatoms. The molecule has 104 valence electrons. The predicted molar refractivity (Wildman–Crippen MR) is 76.1 cm³/mol. The van der Waals surface area contributed by atoms with Crippen LogP contribution in [0.4, 0.5) is 0 Å². The first kappa shape index (κ1) is 17.3. The van der Waals surface area contributed by atoms with Crippen LogP contribution in [0.2, 0.25) is 0 Å². The summed E-state index contributed by atoms with van der Waals surface area (Å²) in [5.74, 6) is 0. The van der Waals surface area contributed by atoms with Gasteiger partial charge < -0.3 is 14.8 Å². The van der Waals surface area contributed by atoms with Crippen LogP contribution in [0.15, 0.2) is 0 Å². The number of nitrogens with zero attached hydrogens (tertiary/aromatic N) is 1. The molecule has 0 radical (unpaired) electrons. The SMILES string of the molecule is CCC(C)NC(C)(C)CN(P)CC(OC)OC. The highest BCUT2D eigenvalue weighted by atomic mass is 31.0. The van der Waals surface area contributed by atoms with Crippen LogP contribution in [0.3, 0.4) is 0 Å². The van der Waals surface area contributed by atoms with Crippen molar-refractivity contribution in [2.75, 3.05) is 27.3 Å². The van der Waals surface area contributed by atoms with Crippen LogP contribution >= 0.6 is 9.39 Å². The largest absolute Gasteiger partial charge is 0.355 e. The molecule has 0 aromatic rings. The molecule has 0 aliphatic heterocycles. The van der Waals surface area contributed by atoms with Crippen LogP contribution in [0.25, 0.3) is 0 Å². The van der Waals surface area contributed by atoms with Gasteiger partial charge in [0, 0.05) is 32.3 Å². The fourth-order valence-electron chi connectivity index (χ4n) is 1.82. The third kappa shape index (κ3) is 8.06. The highest BCUT2D eigenvalue weighted by molar-refractivity contribution is 7.13. The molecule has 0 saturated heterocycles. The van der Waals surface area contributed by atoms with Crippen molar-refractivity contribution in [1.82, 2.24) is 9.99 Å². The Labute approximate surface area is 109 Å². The highest BCUT2D eigenvalue weighted by Crippen LogP contribution is 2.12. The lowest BCUT2D eigenvalue weighted by Gasteiger charge is -2.34. The van der Waals surface area contributed by atoms with Gasteiger partial charge >= 0.3 is 0 Å². The molecule has 0 bridgehead atoms. The van der Waals surface area contributed by atoms with Crippen molar-refractivity contribution < 1.29 is 9.47 Å². The quantitative estimate of drug-likeness (QED) is 0.509. The van der Waals surface area contributed by atoms with Crippen molar-refractivity contribution in [3.8, 4) is 0 Å². The Balaban J connectivity index is 4.11. The average Bonchev–Trinajstić information content (AvgIpc) is 2.24. The van der Waals surface area contributed by atoms with Gasteiger partial charge in [0.15, 0.2) is 6.29 Å². The van der Waals surface area contributed by atoms with Gasteiger partial charge in [0.05, 0.1) is 6.54 Å². The van der Waals surface area contributed by atoms with E-state index in [1.54, 1.807) is 14.2 Å². The van der Waals surface area contributed by atoms with Gasteiger partial charge in [-0.05, 0) is 27.2 Å². The fraction of sp³-hybridized carbons (Fsp3) is 1.00. The van der Waals surface area contributed by atoms with Crippen molar-refractivity contribution in [3.05, 3.63) is 0 Å². The van der Waals surface area contributed by atoms with E-state index >= 15 is 0 Å². The summed E-state index contributed by atoms with van der Waals surface area (Å²) < 4.78 is 12.5. The molecular weight excluding hydrogens is 235 g/mol. The van der Waals surface area contributed by atoms with Gasteiger partial charge in [0.1, 0.15) is 0 Å². The molecule has 2 atom stereocenters. The van der Waals surface area contributed by atoms with E-state index < -0.39 is 0 Å². The molecule has 0 aromatic carbocycles. The molecule has 0 spiro atoms. The summed E-state index contributed by atoms with van der Waals surface area (Å²) in [7, 11) is 6.06. The second-order valence-corrected chi connectivity index (χ2v) is 5.90. The normalized spacial score (nSPS) is 14.6. The number of hydrogen-bond donors (Lipinski definition) is 1. The minimum Gasteiger partial charge on any atom is -0.355 e. The molecule has 1 N–H and O–H groups in total. The summed E-state index contributed by atoms with van der Waals surface area (Å²) in [4.78, 5) is 0. The van der Waals surface area contributed by atoms with E-state index in [1.807, 2.05) is 0 Å². The molecule has 0 aliphatic carbocycles. The monoisotopic (exact) mass is 264 g/mol. The smallest absolute Gasteiger partial charge is 0.169 e. The number of methoxy groups -OCH3 is 2. The second-order valence-electron chi connectivity index (χ2n) is 5.17. The van der Waals surface area contributed by atoms with Crippen molar-refractivity contribution >= 4 is 9.39 Å². The van der Waals surface area contributed by atoms with Gasteiger partial charge in [-0.1, -0.05) is 16.3 Å². The molecule has 0 fully saturated rings. The molecule has 0 amide bonds. The molecular formula is C12H29N2O2P. The summed E-state index contributed by atoms with van der Waals surface area (Å²) in [6.45, 7) is 10.5. The van der Waals surface area contributed by atoms with E-state index in [1.165, 1.54) is 0 Å². The molecule has 0 aliphatic rings. The zero-order chi connectivity index (χ0) is 13.5. The summed E-state index contributed by atoms with van der Waals surface area (Å²) in [5.41, 5.74) is 0.0726. The first-order valence-electron chi connectivity index (χ1n) is 6.17. The number of ether oxygens (including phenoxy) is 2. The van der Waals surface area contributed by atoms with Crippen molar-refractivity contribution in [3.63, 3.8) is 0 Å². The molecule has 0 aromatic heterocycles. The molecule has 2 unspecified atom stereocenters. The maximum absolute atomic E-state index is 5.19. The van der Waals surface area contributed by atoms with Crippen LogP contribution in [-0.2, 0) is 9.47 Å². The van der Waals surface area contributed by atoms with Crippen LogP contribution in [0.1, 0.15) is 34.1 Å². The Kier molecular flexibility index (Phi) is 8.52. The first-order chi connectivity index (χ1) is 7.84. The topological polar surface area (TPSA) is 33.7 Å². The van der Waals surface area contributed by atoms with Gasteiger partial charge in [0.25, 0.3) is 0 Å². The Morgan fingerprint density at radius 3 is 2.24 bits per heavy atom. The third-order valence-corrected chi connectivity index (χ3v) is 3.15. The fourth-order valence-corrected chi connectivity index (χ4v) is 2.45. The van der Waals surface area contributed by atoms with Crippen molar-refractivity contribution in [1.29, 1.82) is 0 Å². The summed E-state index contributed by atoms with van der Waals surface area (Å²) in [6.07, 6.45) is 0.964. The van der Waals surface area contributed by atoms with E-state index in [-0.39, 0.29) is 11.8 Å². The Morgan fingerprint density at radius 1 is 1.29 bits per heavy atom. The van der Waals surface area contributed by atoms with Crippen molar-refractivity contribution in [2.45, 2.75) is 52.0 Å². The van der Waals surface area contributed by atoms with Crippen LogP contribution in [0, 0.1) is 0 Å². The summed E-state index contributed by atoms with van der Waals surface area (Å²) >= 11 is 0. The van der Waals surface area contributed by atoms with Gasteiger partial charge in [-0.15, -0.1) is 0 Å². The number of nitrogens with one attached hydrogen (secondary N) is 1. The molecule has 4 nitrogen and oxygen atoms in total. The maximum Gasteiger partial charge on any atom is 0.169 e. The van der Waals surface area contributed by atoms with Crippen molar-refractivity contribution in [2.24, 2.45) is 0 Å². The lowest BCUT2D eigenvalue weighted by molar-refractivity contribution is -0.108. The zero-order valence-corrected chi connectivity index (χ0v) is 13.3. The van der Waals surface area contributed by atoms with E-state index in [0.29, 0.717) is 6.04 Å². The Hall–Kier alpha value is 0.270. The number of rotatable bonds is 9. The van der Waals surface area contributed by atoms with E-state index in [4.69, 9.17) is 9.47 Å². The van der Waals surface area contributed by atoms with E-state index in [9.17, 15) is 0 Å². The lowest BCUT2D eigenvalue weighted by Crippen LogP contribution is -2.51. The molecule has 0 heterocycles. The molecule has 0 saturated carbocycles. The second kappa shape index (κ2) is 8.39. The van der Waals surface area contributed by atoms with Crippen LogP contribution in [0.5, 0.6) is 0 Å². The molecule has 0 rings (SSSR count). The minimum absolute atomic E-state index is 0.0726. The van der Waals surface area contributed by atoms with Crippen LogP contribution < -0.4 is 5.32 Å².